The van der Waals surface area contributed by atoms with Crippen LogP contribution in [0.3, 0.4) is 0 Å². The Kier molecular flexibility index (Phi) is 5.27. The molecule has 1 N–H and O–H groups in total. The van der Waals surface area contributed by atoms with Crippen molar-refractivity contribution in [1.82, 2.24) is 0 Å². The standard InChI is InChI=1S/C9H12O4/c1-7(2)5-6-13-9(12)4-3-8(10)11/h3-4H,1,5-6H2,2H3,(H,10,11)/b4-3-. The van der Waals surface area contributed by atoms with Gasteiger partial charge in [0.05, 0.1) is 6.61 Å². The summed E-state index contributed by atoms with van der Waals surface area (Å²) in [6.45, 7) is 5.68. The Hall–Kier alpha value is -1.58. The van der Waals surface area contributed by atoms with Crippen LogP contribution >= 0.6 is 0 Å². The summed E-state index contributed by atoms with van der Waals surface area (Å²) in [4.78, 5) is 20.7. The molecule has 0 rings (SSSR count). The SMILES string of the molecule is C=C(C)CCOC(=O)/C=C\C(=O)O. The molecule has 0 aliphatic carbocycles. The summed E-state index contributed by atoms with van der Waals surface area (Å²) < 4.78 is 4.65. The molecule has 0 aliphatic heterocycles. The molecule has 0 bridgehead atoms. The fourth-order valence-electron chi connectivity index (χ4n) is 0.513. The molecule has 0 aromatic rings. The van der Waals surface area contributed by atoms with Crippen molar-refractivity contribution in [2.24, 2.45) is 0 Å². The smallest absolute Gasteiger partial charge is 0.331 e. The number of aliphatic carboxylic acids is 1. The predicted octanol–water partition coefficient (Wildman–Crippen LogP) is 1.14. The summed E-state index contributed by atoms with van der Waals surface area (Å²) in [5.41, 5.74) is 0.912. The van der Waals surface area contributed by atoms with E-state index in [9.17, 15) is 9.59 Å². The van der Waals surface area contributed by atoms with Crippen molar-refractivity contribution in [3.63, 3.8) is 0 Å². The summed E-state index contributed by atoms with van der Waals surface area (Å²) >= 11 is 0. The van der Waals surface area contributed by atoms with E-state index in [4.69, 9.17) is 5.11 Å². The number of ether oxygens (including phenoxy) is 1. The average molecular weight is 184 g/mol. The number of esters is 1. The lowest BCUT2D eigenvalue weighted by Crippen LogP contribution is -2.03. The van der Waals surface area contributed by atoms with Crippen molar-refractivity contribution in [2.45, 2.75) is 13.3 Å². The first-order valence-electron chi connectivity index (χ1n) is 3.74. The van der Waals surface area contributed by atoms with E-state index >= 15 is 0 Å². The van der Waals surface area contributed by atoms with Crippen LogP contribution in [0.2, 0.25) is 0 Å². The lowest BCUT2D eigenvalue weighted by molar-refractivity contribution is -0.138. The molecule has 0 aromatic heterocycles. The van der Waals surface area contributed by atoms with Crippen LogP contribution in [0, 0.1) is 0 Å². The first-order chi connectivity index (χ1) is 6.02. The number of rotatable bonds is 5. The molecule has 0 unspecified atom stereocenters. The van der Waals surface area contributed by atoms with Crippen LogP contribution in [0.5, 0.6) is 0 Å². The number of carbonyl (C=O) groups is 2. The van der Waals surface area contributed by atoms with E-state index in [1.165, 1.54) is 0 Å². The van der Waals surface area contributed by atoms with Gasteiger partial charge < -0.3 is 9.84 Å². The first kappa shape index (κ1) is 11.4. The molecular formula is C9H12O4. The summed E-state index contributed by atoms with van der Waals surface area (Å²) in [6, 6.07) is 0. The number of carboxylic acid groups (broad SMARTS) is 1. The third-order valence-corrected chi connectivity index (χ3v) is 1.14. The predicted molar refractivity (Wildman–Crippen MR) is 47.2 cm³/mol. The van der Waals surface area contributed by atoms with Gasteiger partial charge in [0.15, 0.2) is 0 Å². The topological polar surface area (TPSA) is 63.6 Å². The van der Waals surface area contributed by atoms with Crippen LogP contribution in [0.4, 0.5) is 0 Å². The van der Waals surface area contributed by atoms with Gasteiger partial charge in [-0.1, -0.05) is 5.57 Å². The molecule has 0 spiro atoms. The third-order valence-electron chi connectivity index (χ3n) is 1.14. The minimum Gasteiger partial charge on any atom is -0.478 e. The average Bonchev–Trinajstić information content (AvgIpc) is 2.00. The molecule has 72 valence electrons. The molecule has 0 amide bonds. The van der Waals surface area contributed by atoms with Gasteiger partial charge >= 0.3 is 11.9 Å². The highest BCUT2D eigenvalue weighted by Gasteiger charge is 1.97. The maximum absolute atomic E-state index is 10.7. The van der Waals surface area contributed by atoms with Gasteiger partial charge in [-0.3, -0.25) is 0 Å². The van der Waals surface area contributed by atoms with Gasteiger partial charge in [0.25, 0.3) is 0 Å². The quantitative estimate of drug-likeness (QED) is 0.395. The van der Waals surface area contributed by atoms with E-state index in [1.807, 2.05) is 6.92 Å². The van der Waals surface area contributed by atoms with Gasteiger partial charge in [0, 0.05) is 18.6 Å². The monoisotopic (exact) mass is 184 g/mol. The Morgan fingerprint density at radius 1 is 1.46 bits per heavy atom. The Balaban J connectivity index is 3.64. The van der Waals surface area contributed by atoms with Gasteiger partial charge in [-0.05, 0) is 6.92 Å². The Bertz CT molecular complexity index is 240. The molecule has 0 saturated heterocycles. The fourth-order valence-corrected chi connectivity index (χ4v) is 0.513. The molecule has 0 aromatic carbocycles. The molecule has 0 fully saturated rings. The fraction of sp³-hybridized carbons (Fsp3) is 0.333. The second-order valence-corrected chi connectivity index (χ2v) is 2.55. The normalized spacial score (nSPS) is 9.92. The van der Waals surface area contributed by atoms with Crippen molar-refractivity contribution in [3.05, 3.63) is 24.3 Å². The van der Waals surface area contributed by atoms with Gasteiger partial charge in [-0.2, -0.15) is 0 Å². The maximum atomic E-state index is 10.7. The highest BCUT2D eigenvalue weighted by molar-refractivity contribution is 5.90. The van der Waals surface area contributed by atoms with Crippen LogP contribution in [-0.2, 0) is 14.3 Å². The van der Waals surface area contributed by atoms with Crippen LogP contribution in [0.1, 0.15) is 13.3 Å². The lowest BCUT2D eigenvalue weighted by Gasteiger charge is -1.99. The summed E-state index contributed by atoms with van der Waals surface area (Å²) in [7, 11) is 0. The molecule has 0 saturated carbocycles. The Labute approximate surface area is 76.5 Å². The summed E-state index contributed by atoms with van der Waals surface area (Å²) in [6.07, 6.45) is 2.20. The van der Waals surface area contributed by atoms with E-state index in [0.717, 1.165) is 17.7 Å². The molecule has 0 atom stereocenters. The van der Waals surface area contributed by atoms with E-state index < -0.39 is 11.9 Å². The Morgan fingerprint density at radius 2 is 2.08 bits per heavy atom. The van der Waals surface area contributed by atoms with Crippen molar-refractivity contribution >= 4 is 11.9 Å². The zero-order chi connectivity index (χ0) is 10.3. The second kappa shape index (κ2) is 5.99. The van der Waals surface area contributed by atoms with E-state index in [1.54, 1.807) is 0 Å². The van der Waals surface area contributed by atoms with E-state index in [-0.39, 0.29) is 6.61 Å². The van der Waals surface area contributed by atoms with Gasteiger partial charge in [0.2, 0.25) is 0 Å². The zero-order valence-corrected chi connectivity index (χ0v) is 7.45. The molecular weight excluding hydrogens is 172 g/mol. The minimum absolute atomic E-state index is 0.234. The minimum atomic E-state index is -1.17. The van der Waals surface area contributed by atoms with Gasteiger partial charge in [-0.25, -0.2) is 9.59 Å². The largest absolute Gasteiger partial charge is 0.478 e. The summed E-state index contributed by atoms with van der Waals surface area (Å²) in [5.74, 6) is -1.82. The second-order valence-electron chi connectivity index (χ2n) is 2.55. The molecule has 0 heterocycles. The zero-order valence-electron chi connectivity index (χ0n) is 7.45. The molecule has 4 nitrogen and oxygen atoms in total. The van der Waals surface area contributed by atoms with Crippen molar-refractivity contribution in [1.29, 1.82) is 0 Å². The van der Waals surface area contributed by atoms with Crippen molar-refractivity contribution in [2.75, 3.05) is 6.61 Å². The van der Waals surface area contributed by atoms with Gasteiger partial charge in [0.1, 0.15) is 0 Å². The first-order valence-corrected chi connectivity index (χ1v) is 3.74. The lowest BCUT2D eigenvalue weighted by atomic mass is 10.3. The molecule has 0 aliphatic rings. The number of carbonyl (C=O) groups excluding carboxylic acids is 1. The van der Waals surface area contributed by atoms with Crippen molar-refractivity contribution < 1.29 is 19.4 Å². The Morgan fingerprint density at radius 3 is 2.54 bits per heavy atom. The number of hydrogen-bond acceptors (Lipinski definition) is 3. The van der Waals surface area contributed by atoms with Crippen LogP contribution in [-0.4, -0.2) is 23.7 Å². The molecule has 0 radical (unpaired) electrons. The van der Waals surface area contributed by atoms with Crippen LogP contribution in [0.15, 0.2) is 24.3 Å². The molecule has 4 heteroatoms. The highest BCUT2D eigenvalue weighted by Crippen LogP contribution is 1.95. The highest BCUT2D eigenvalue weighted by atomic mass is 16.5. The van der Waals surface area contributed by atoms with E-state index in [0.29, 0.717) is 6.42 Å². The number of carboxylic acids is 1. The maximum Gasteiger partial charge on any atom is 0.331 e. The third kappa shape index (κ3) is 8.33. The number of hydrogen-bond donors (Lipinski definition) is 1. The van der Waals surface area contributed by atoms with Crippen LogP contribution in [0.25, 0.3) is 0 Å². The molecule has 13 heavy (non-hydrogen) atoms. The van der Waals surface area contributed by atoms with Crippen LogP contribution < -0.4 is 0 Å². The summed E-state index contributed by atoms with van der Waals surface area (Å²) in [5, 5.41) is 8.17. The van der Waals surface area contributed by atoms with Crippen molar-refractivity contribution in [3.8, 4) is 0 Å². The van der Waals surface area contributed by atoms with E-state index in [2.05, 4.69) is 11.3 Å². The van der Waals surface area contributed by atoms with Gasteiger partial charge in [-0.15, -0.1) is 6.58 Å².